The number of anilines is 1. The SMILES string of the molecule is CC(C)[C@@H]1CC[C@@H](C)CC(=O)N2C[C@H]3C[C@@H](CN(c4nc5c(cc4C#N)CCCC5)C3)[C@@H]2CCCC(=O)N1. The molecule has 0 radical (unpaired) electrons. The number of hydrogen-bond donors (Lipinski definition) is 1. The van der Waals surface area contributed by atoms with Crippen LogP contribution in [-0.2, 0) is 22.4 Å². The molecular weight excluding hydrogens is 474 g/mol. The van der Waals surface area contributed by atoms with E-state index in [0.717, 1.165) is 70.4 Å². The number of nitrogens with zero attached hydrogens (tertiary/aromatic N) is 4. The zero-order chi connectivity index (χ0) is 26.8. The minimum atomic E-state index is 0.143. The Kier molecular flexibility index (Phi) is 8.26. The van der Waals surface area contributed by atoms with Crippen molar-refractivity contribution in [3.05, 3.63) is 22.9 Å². The molecule has 5 rings (SSSR count). The maximum absolute atomic E-state index is 13.7. The molecule has 0 unspecified atom stereocenters. The van der Waals surface area contributed by atoms with E-state index in [1.165, 1.54) is 24.1 Å². The van der Waals surface area contributed by atoms with E-state index in [9.17, 15) is 14.9 Å². The van der Waals surface area contributed by atoms with Crippen molar-refractivity contribution in [1.82, 2.24) is 15.2 Å². The smallest absolute Gasteiger partial charge is 0.223 e. The Hall–Kier alpha value is -2.62. The van der Waals surface area contributed by atoms with Crippen LogP contribution in [0.3, 0.4) is 0 Å². The molecule has 3 fully saturated rings. The fourth-order valence-electron chi connectivity index (χ4n) is 7.43. The molecule has 1 aromatic heterocycles. The molecule has 38 heavy (non-hydrogen) atoms. The standard InChI is InChI=1S/C31H45N5O2/c1-20(2)26-12-11-21(3)13-30(38)36-18-22-14-25(28(36)9-6-10-29(37)33-26)19-35(17-22)31-24(16-32)15-23-7-4-5-8-27(23)34-31/h15,20-22,25-26,28H,4-14,17-19H2,1-3H3,(H,33,37)/t21-,22+,25+,26+,28+/m1/s1. The molecule has 7 heteroatoms. The summed E-state index contributed by atoms with van der Waals surface area (Å²) in [6.45, 7) is 8.96. The van der Waals surface area contributed by atoms with Gasteiger partial charge in [-0.15, -0.1) is 0 Å². The zero-order valence-corrected chi connectivity index (χ0v) is 23.5. The van der Waals surface area contributed by atoms with Crippen LogP contribution < -0.4 is 10.2 Å². The Morgan fingerprint density at radius 1 is 1.05 bits per heavy atom. The van der Waals surface area contributed by atoms with Crippen molar-refractivity contribution in [3.8, 4) is 6.07 Å². The van der Waals surface area contributed by atoms with E-state index in [4.69, 9.17) is 4.98 Å². The van der Waals surface area contributed by atoms with Gasteiger partial charge < -0.3 is 15.1 Å². The van der Waals surface area contributed by atoms with Crippen molar-refractivity contribution in [1.29, 1.82) is 5.26 Å². The van der Waals surface area contributed by atoms with Crippen LogP contribution in [0.4, 0.5) is 5.82 Å². The minimum absolute atomic E-state index is 0.143. The number of aromatic nitrogens is 1. The fraction of sp³-hybridized carbons (Fsp3) is 0.742. The lowest BCUT2D eigenvalue weighted by Gasteiger charge is -2.51. The Balaban J connectivity index is 1.37. The molecule has 3 aliphatic heterocycles. The summed E-state index contributed by atoms with van der Waals surface area (Å²) in [7, 11) is 0. The van der Waals surface area contributed by atoms with E-state index in [-0.39, 0.29) is 23.9 Å². The summed E-state index contributed by atoms with van der Waals surface area (Å²) in [4.78, 5) is 36.1. The van der Waals surface area contributed by atoms with E-state index in [1.54, 1.807) is 0 Å². The number of piperidine rings is 2. The number of carbonyl (C=O) groups is 2. The van der Waals surface area contributed by atoms with Gasteiger partial charge in [0, 0.05) is 50.3 Å². The van der Waals surface area contributed by atoms with Gasteiger partial charge in [0.05, 0.1) is 5.56 Å². The first-order valence-corrected chi connectivity index (χ1v) is 15.1. The van der Waals surface area contributed by atoms with Gasteiger partial charge in [0.1, 0.15) is 11.9 Å². The molecule has 0 spiro atoms. The molecule has 206 valence electrons. The molecule has 1 aliphatic carbocycles. The number of carbonyl (C=O) groups excluding carboxylic acids is 2. The van der Waals surface area contributed by atoms with Crippen LogP contribution in [-0.4, -0.2) is 53.4 Å². The summed E-state index contributed by atoms with van der Waals surface area (Å²) in [5, 5.41) is 13.3. The number of aryl methyl sites for hydroxylation is 2. The Bertz CT molecular complexity index is 1080. The predicted molar refractivity (Wildman–Crippen MR) is 149 cm³/mol. The first kappa shape index (κ1) is 27.0. The average Bonchev–Trinajstić information content (AvgIpc) is 2.91. The number of amides is 2. The highest BCUT2D eigenvalue weighted by Gasteiger charge is 2.43. The summed E-state index contributed by atoms with van der Waals surface area (Å²) < 4.78 is 0. The van der Waals surface area contributed by atoms with Crippen molar-refractivity contribution in [2.45, 2.75) is 103 Å². The second kappa shape index (κ2) is 11.6. The van der Waals surface area contributed by atoms with E-state index in [2.05, 4.69) is 48.0 Å². The van der Waals surface area contributed by atoms with Crippen LogP contribution in [0.5, 0.6) is 0 Å². The van der Waals surface area contributed by atoms with Crippen LogP contribution in [0.1, 0.15) is 95.4 Å². The van der Waals surface area contributed by atoms with Crippen LogP contribution in [0.25, 0.3) is 0 Å². The van der Waals surface area contributed by atoms with Gasteiger partial charge in [0.2, 0.25) is 11.8 Å². The molecule has 4 heterocycles. The van der Waals surface area contributed by atoms with Gasteiger partial charge in [-0.1, -0.05) is 20.8 Å². The average molecular weight is 520 g/mol. The summed E-state index contributed by atoms with van der Waals surface area (Å²) in [5.41, 5.74) is 3.10. The lowest BCUT2D eigenvalue weighted by molar-refractivity contribution is -0.139. The highest BCUT2D eigenvalue weighted by Crippen LogP contribution is 2.39. The Morgan fingerprint density at radius 2 is 1.87 bits per heavy atom. The molecule has 1 N–H and O–H groups in total. The van der Waals surface area contributed by atoms with Gasteiger partial charge in [-0.25, -0.2) is 4.98 Å². The molecule has 0 saturated carbocycles. The maximum atomic E-state index is 13.7. The van der Waals surface area contributed by atoms with E-state index in [0.29, 0.717) is 42.1 Å². The van der Waals surface area contributed by atoms with Crippen LogP contribution in [0, 0.1) is 35.0 Å². The van der Waals surface area contributed by atoms with Crippen molar-refractivity contribution in [2.75, 3.05) is 24.5 Å². The van der Waals surface area contributed by atoms with Crippen molar-refractivity contribution in [2.24, 2.45) is 23.7 Å². The Labute approximate surface area is 228 Å². The highest BCUT2D eigenvalue weighted by molar-refractivity contribution is 5.77. The zero-order valence-electron chi connectivity index (χ0n) is 23.5. The molecular formula is C31H45N5O2. The van der Waals surface area contributed by atoms with Gasteiger partial charge in [0.25, 0.3) is 0 Å². The first-order chi connectivity index (χ1) is 18.3. The molecule has 7 nitrogen and oxygen atoms in total. The van der Waals surface area contributed by atoms with E-state index >= 15 is 0 Å². The monoisotopic (exact) mass is 519 g/mol. The molecule has 5 atom stereocenters. The van der Waals surface area contributed by atoms with Gasteiger partial charge in [0.15, 0.2) is 0 Å². The third-order valence-corrected chi connectivity index (χ3v) is 9.54. The van der Waals surface area contributed by atoms with Crippen LogP contribution in [0.2, 0.25) is 0 Å². The molecule has 2 bridgehead atoms. The minimum Gasteiger partial charge on any atom is -0.355 e. The molecule has 2 amide bonds. The lowest BCUT2D eigenvalue weighted by Crippen LogP contribution is -2.59. The summed E-state index contributed by atoms with van der Waals surface area (Å²) in [6.07, 6.45) is 10.1. The number of nitrogens with one attached hydrogen (secondary N) is 1. The normalized spacial score (nSPS) is 30.8. The predicted octanol–water partition coefficient (Wildman–Crippen LogP) is 4.62. The summed E-state index contributed by atoms with van der Waals surface area (Å²) in [6, 6.07) is 4.84. The first-order valence-electron chi connectivity index (χ1n) is 15.1. The molecule has 1 aromatic rings. The van der Waals surface area contributed by atoms with Crippen LogP contribution >= 0.6 is 0 Å². The van der Waals surface area contributed by atoms with Gasteiger partial charge >= 0.3 is 0 Å². The molecule has 4 aliphatic rings. The number of nitriles is 1. The molecule has 0 aromatic carbocycles. The topological polar surface area (TPSA) is 89.3 Å². The van der Waals surface area contributed by atoms with Gasteiger partial charge in [-0.2, -0.15) is 5.26 Å². The number of fused-ring (bicyclic) bond motifs is 5. The quantitative estimate of drug-likeness (QED) is 0.616. The number of pyridine rings is 1. The van der Waals surface area contributed by atoms with Gasteiger partial charge in [-0.3, -0.25) is 9.59 Å². The van der Waals surface area contributed by atoms with Crippen LogP contribution in [0.15, 0.2) is 6.07 Å². The van der Waals surface area contributed by atoms with E-state index < -0.39 is 0 Å². The Morgan fingerprint density at radius 3 is 2.66 bits per heavy atom. The third-order valence-electron chi connectivity index (χ3n) is 9.54. The summed E-state index contributed by atoms with van der Waals surface area (Å²) in [5.74, 6) is 2.69. The summed E-state index contributed by atoms with van der Waals surface area (Å²) >= 11 is 0. The highest BCUT2D eigenvalue weighted by atomic mass is 16.2. The fourth-order valence-corrected chi connectivity index (χ4v) is 7.43. The number of hydrogen-bond acceptors (Lipinski definition) is 5. The second-order valence-electron chi connectivity index (χ2n) is 12.9. The molecule has 3 saturated heterocycles. The van der Waals surface area contributed by atoms with Crippen molar-refractivity contribution >= 4 is 17.6 Å². The van der Waals surface area contributed by atoms with Gasteiger partial charge in [-0.05, 0) is 93.1 Å². The van der Waals surface area contributed by atoms with Crippen molar-refractivity contribution in [3.63, 3.8) is 0 Å². The van der Waals surface area contributed by atoms with Crippen molar-refractivity contribution < 1.29 is 9.59 Å². The lowest BCUT2D eigenvalue weighted by atomic mass is 9.77. The second-order valence-corrected chi connectivity index (χ2v) is 12.9. The number of rotatable bonds is 2. The largest absolute Gasteiger partial charge is 0.355 e. The third kappa shape index (κ3) is 5.84. The maximum Gasteiger partial charge on any atom is 0.223 e. The van der Waals surface area contributed by atoms with E-state index in [1.807, 2.05) is 0 Å².